The number of carbonyl (C=O) groups excluding carboxylic acids is 4. The van der Waals surface area contributed by atoms with Gasteiger partial charge in [-0.2, -0.15) is 0 Å². The highest BCUT2D eigenvalue weighted by Gasteiger charge is 2.31. The molecule has 1 saturated carbocycles. The van der Waals surface area contributed by atoms with E-state index in [-0.39, 0.29) is 34.2 Å². The van der Waals surface area contributed by atoms with Crippen LogP contribution in [0.15, 0.2) is 40.6 Å². The van der Waals surface area contributed by atoms with Gasteiger partial charge in [-0.25, -0.2) is 9.59 Å². The van der Waals surface area contributed by atoms with Crippen molar-refractivity contribution in [1.29, 1.82) is 0 Å². The highest BCUT2D eigenvalue weighted by atomic mass is 16.7. The van der Waals surface area contributed by atoms with Gasteiger partial charge >= 0.3 is 11.9 Å². The fraction of sp³-hybridized carbons (Fsp3) is 0.471. The first-order valence-corrected chi connectivity index (χ1v) is 15.6. The molecule has 0 bridgehead atoms. The molecule has 244 valence electrons. The van der Waals surface area contributed by atoms with Gasteiger partial charge in [0.1, 0.15) is 16.9 Å². The number of nitro groups is 1. The van der Waals surface area contributed by atoms with Gasteiger partial charge in [0.05, 0.1) is 16.8 Å². The maximum Gasteiger partial charge on any atom is 0.337 e. The number of Topliss-reactive ketones (excluding diaryl/α,β-unsaturated/α-hetero) is 2. The van der Waals surface area contributed by atoms with Crippen molar-refractivity contribution in [3.05, 3.63) is 51.6 Å². The molecule has 1 fully saturated rings. The molecule has 1 aliphatic rings. The van der Waals surface area contributed by atoms with Crippen molar-refractivity contribution in [1.82, 2.24) is 4.57 Å². The molecule has 1 aromatic heterocycles. The Labute approximate surface area is 266 Å². The normalized spacial score (nSPS) is 17.5. The lowest BCUT2D eigenvalue weighted by molar-refractivity contribution is -0.383. The summed E-state index contributed by atoms with van der Waals surface area (Å²) in [5, 5.41) is 21.0. The van der Waals surface area contributed by atoms with Crippen LogP contribution in [-0.4, -0.2) is 44.4 Å². The molecule has 0 amide bonds. The Bertz CT molecular complexity index is 1770. The molecule has 0 N–H and O–H groups in total. The Kier molecular flexibility index (Phi) is 10.5. The second-order valence-corrected chi connectivity index (χ2v) is 12.5. The van der Waals surface area contributed by atoms with Crippen molar-refractivity contribution in [2.75, 3.05) is 0 Å². The third-order valence-electron chi connectivity index (χ3n) is 8.39. The van der Waals surface area contributed by atoms with Gasteiger partial charge in [0, 0.05) is 45.9 Å². The number of rotatable bonds is 11. The molecule has 12 nitrogen and oxygen atoms in total. The van der Waals surface area contributed by atoms with Crippen molar-refractivity contribution >= 4 is 62.4 Å². The number of aromatic nitrogens is 1. The van der Waals surface area contributed by atoms with Gasteiger partial charge in [-0.05, 0) is 56.9 Å². The zero-order valence-corrected chi connectivity index (χ0v) is 27.3. The molecular formula is C34H40N4O8. The van der Waals surface area contributed by atoms with E-state index in [4.69, 9.17) is 9.68 Å². The molecule has 12 heteroatoms. The van der Waals surface area contributed by atoms with Crippen LogP contribution < -0.4 is 0 Å². The fourth-order valence-electron chi connectivity index (χ4n) is 5.61. The smallest absolute Gasteiger partial charge is 0.335 e. The lowest BCUT2D eigenvalue weighted by Gasteiger charge is -2.26. The van der Waals surface area contributed by atoms with Crippen molar-refractivity contribution < 1.29 is 33.8 Å². The second kappa shape index (κ2) is 14.1. The minimum Gasteiger partial charge on any atom is -0.335 e. The van der Waals surface area contributed by atoms with Gasteiger partial charge in [-0.3, -0.25) is 19.7 Å². The zero-order chi connectivity index (χ0) is 33.9. The van der Waals surface area contributed by atoms with Crippen LogP contribution in [0.4, 0.5) is 5.69 Å². The average molecular weight is 633 g/mol. The Morgan fingerprint density at radius 1 is 0.891 bits per heavy atom. The summed E-state index contributed by atoms with van der Waals surface area (Å²) in [5.41, 5.74) is 0.906. The Hall–Kier alpha value is -4.74. The van der Waals surface area contributed by atoms with E-state index in [9.17, 15) is 29.3 Å². The molecule has 46 heavy (non-hydrogen) atoms. The summed E-state index contributed by atoms with van der Waals surface area (Å²) in [6, 6.07) is 7.71. The van der Waals surface area contributed by atoms with Crippen LogP contribution in [0.5, 0.6) is 0 Å². The summed E-state index contributed by atoms with van der Waals surface area (Å²) in [6.07, 6.45) is 3.29. The van der Waals surface area contributed by atoms with E-state index in [2.05, 4.69) is 17.2 Å². The lowest BCUT2D eigenvalue weighted by atomic mass is 9.79. The molecule has 0 radical (unpaired) electrons. The summed E-state index contributed by atoms with van der Waals surface area (Å²) in [7, 11) is 0. The Morgan fingerprint density at radius 2 is 1.48 bits per heavy atom. The number of nitro benzene ring substituents is 1. The third-order valence-corrected chi connectivity index (χ3v) is 8.39. The van der Waals surface area contributed by atoms with E-state index in [0.717, 1.165) is 25.7 Å². The molecule has 0 aliphatic heterocycles. The Morgan fingerprint density at radius 3 is 2.04 bits per heavy atom. The van der Waals surface area contributed by atoms with Crippen LogP contribution >= 0.6 is 0 Å². The van der Waals surface area contributed by atoms with E-state index in [1.807, 2.05) is 6.92 Å². The number of aryl methyl sites for hydroxylation is 1. The fourth-order valence-corrected chi connectivity index (χ4v) is 5.61. The largest absolute Gasteiger partial charge is 0.337 e. The summed E-state index contributed by atoms with van der Waals surface area (Å²) in [4.78, 5) is 73.3. The van der Waals surface area contributed by atoms with Gasteiger partial charge < -0.3 is 14.2 Å². The molecule has 1 aliphatic carbocycles. The highest BCUT2D eigenvalue weighted by Crippen LogP contribution is 2.37. The van der Waals surface area contributed by atoms with Crippen molar-refractivity contribution in [3.8, 4) is 0 Å². The van der Waals surface area contributed by atoms with E-state index in [0.29, 0.717) is 34.3 Å². The average Bonchev–Trinajstić information content (AvgIpc) is 3.35. The topological polar surface area (TPSA) is 160 Å². The minimum absolute atomic E-state index is 0.0212. The number of ketones is 2. The molecule has 0 saturated heterocycles. The number of non-ortho nitro benzene ring substituents is 1. The van der Waals surface area contributed by atoms with Crippen molar-refractivity contribution in [2.45, 2.75) is 80.7 Å². The van der Waals surface area contributed by atoms with Gasteiger partial charge in [-0.1, -0.05) is 57.8 Å². The SMILES string of the molecule is CCn1c2ccc(C(=O)/C(=N/OC(=O)C(C)C)C3CCC(C)CC3)cc2c2cc(C(=O)/C(C)=N/OC(=O)C(C)C)cc([N+](=O)[O-])c21. The number of fused-ring (bicyclic) bond motifs is 3. The third kappa shape index (κ3) is 7.05. The quantitative estimate of drug-likeness (QED) is 0.0715. The minimum atomic E-state index is -0.654. The molecule has 4 rings (SSSR count). The Balaban J connectivity index is 1.86. The number of carbonyl (C=O) groups is 4. The predicted molar refractivity (Wildman–Crippen MR) is 174 cm³/mol. The molecule has 0 unspecified atom stereocenters. The van der Waals surface area contributed by atoms with E-state index in [1.54, 1.807) is 50.5 Å². The van der Waals surface area contributed by atoms with Gasteiger partial charge in [-0.15, -0.1) is 0 Å². The van der Waals surface area contributed by atoms with E-state index >= 15 is 0 Å². The standard InChI is InChI=1S/C34H40N4O8/c1-8-37-27-14-13-23(32(40)29(36-46-34(42)19(4)5)22-11-9-20(6)10-12-22)15-25(27)26-16-24(17-28(30(26)37)38(43)44)31(39)21(7)35-45-33(41)18(2)3/h13-20,22H,8-12H2,1-7H3/b35-21+,36-29+. The van der Waals surface area contributed by atoms with Crippen LogP contribution in [0.3, 0.4) is 0 Å². The molecule has 0 spiro atoms. The van der Waals surface area contributed by atoms with Crippen LogP contribution in [0, 0.1) is 33.8 Å². The first-order chi connectivity index (χ1) is 21.7. The maximum absolute atomic E-state index is 14.0. The monoisotopic (exact) mass is 632 g/mol. The van der Waals surface area contributed by atoms with Crippen LogP contribution in [-0.2, 0) is 25.8 Å². The molecule has 1 heterocycles. The summed E-state index contributed by atoms with van der Waals surface area (Å²) >= 11 is 0. The second-order valence-electron chi connectivity index (χ2n) is 12.5. The lowest BCUT2D eigenvalue weighted by Crippen LogP contribution is -2.28. The molecular weight excluding hydrogens is 592 g/mol. The predicted octanol–water partition coefficient (Wildman–Crippen LogP) is 7.04. The molecule has 0 atom stereocenters. The van der Waals surface area contributed by atoms with E-state index < -0.39 is 40.3 Å². The van der Waals surface area contributed by atoms with Gasteiger partial charge in [0.25, 0.3) is 5.69 Å². The summed E-state index contributed by atoms with van der Waals surface area (Å²) < 4.78 is 1.76. The first kappa shape index (κ1) is 34.1. The van der Waals surface area contributed by atoms with Gasteiger partial charge in [0.15, 0.2) is 0 Å². The highest BCUT2D eigenvalue weighted by molar-refractivity contribution is 6.47. The summed E-state index contributed by atoms with van der Waals surface area (Å²) in [5.74, 6) is -2.77. The van der Waals surface area contributed by atoms with Crippen molar-refractivity contribution in [2.24, 2.45) is 34.0 Å². The van der Waals surface area contributed by atoms with Crippen LogP contribution in [0.1, 0.15) is 94.9 Å². The number of benzene rings is 2. The van der Waals surface area contributed by atoms with E-state index in [1.165, 1.54) is 19.1 Å². The zero-order valence-electron chi connectivity index (χ0n) is 27.3. The molecule has 2 aromatic carbocycles. The van der Waals surface area contributed by atoms with Crippen molar-refractivity contribution in [3.63, 3.8) is 0 Å². The first-order valence-electron chi connectivity index (χ1n) is 15.6. The maximum atomic E-state index is 14.0. The molecule has 3 aromatic rings. The van der Waals surface area contributed by atoms with Gasteiger partial charge in [0.2, 0.25) is 11.6 Å². The number of hydrogen-bond donors (Lipinski definition) is 0. The summed E-state index contributed by atoms with van der Waals surface area (Å²) in [6.45, 7) is 12.4. The van der Waals surface area contributed by atoms with Crippen LogP contribution in [0.2, 0.25) is 0 Å². The van der Waals surface area contributed by atoms with Crippen LogP contribution in [0.25, 0.3) is 21.8 Å². The number of hydrogen-bond acceptors (Lipinski definition) is 10. The number of nitrogens with zero attached hydrogens (tertiary/aromatic N) is 4. The number of oxime groups is 2.